The fraction of sp³-hybridized carbons (Fsp3) is 0.118. The van der Waals surface area contributed by atoms with Crippen LogP contribution >= 0.6 is 15.9 Å². The van der Waals surface area contributed by atoms with E-state index >= 15 is 0 Å². The first-order chi connectivity index (χ1) is 12.3. The summed E-state index contributed by atoms with van der Waals surface area (Å²) in [6.45, 7) is 0.691. The number of ether oxygens (including phenoxy) is 2. The zero-order valence-corrected chi connectivity index (χ0v) is 15.6. The minimum Gasteiger partial charge on any atom is -0.486 e. The lowest BCUT2D eigenvalue weighted by Gasteiger charge is -2.18. The number of amides is 1. The van der Waals surface area contributed by atoms with Crippen molar-refractivity contribution in [1.82, 2.24) is 4.72 Å². The van der Waals surface area contributed by atoms with Crippen LogP contribution in [0, 0.1) is 5.82 Å². The summed E-state index contributed by atoms with van der Waals surface area (Å²) in [5.41, 5.74) is 0.145. The molecular formula is C17H13BrFNO5S. The molecule has 0 aromatic heterocycles. The van der Waals surface area contributed by atoms with E-state index in [-0.39, 0.29) is 10.5 Å². The molecule has 1 N–H and O–H groups in total. The molecule has 0 radical (unpaired) electrons. The van der Waals surface area contributed by atoms with Gasteiger partial charge in [-0.05, 0) is 36.4 Å². The largest absolute Gasteiger partial charge is 0.486 e. The number of hydrogen-bond acceptors (Lipinski definition) is 5. The van der Waals surface area contributed by atoms with Crippen molar-refractivity contribution in [3.05, 3.63) is 58.3 Å². The number of carbonyl (C=O) groups is 1. The normalized spacial score (nSPS) is 13.6. The first-order valence-corrected chi connectivity index (χ1v) is 9.72. The van der Waals surface area contributed by atoms with E-state index in [2.05, 4.69) is 15.9 Å². The van der Waals surface area contributed by atoms with E-state index in [0.29, 0.717) is 29.2 Å². The smallest absolute Gasteiger partial charge is 0.264 e. The molecule has 9 heteroatoms. The highest BCUT2D eigenvalue weighted by atomic mass is 79.9. The number of benzene rings is 2. The van der Waals surface area contributed by atoms with E-state index in [1.807, 2.05) is 4.72 Å². The molecule has 1 amide bonds. The predicted octanol–water partition coefficient (Wildman–Crippen LogP) is 2.88. The summed E-state index contributed by atoms with van der Waals surface area (Å²) in [6, 6.07) is 8.25. The molecule has 3 rings (SSSR count). The third-order valence-electron chi connectivity index (χ3n) is 3.43. The molecule has 0 atom stereocenters. The molecule has 0 bridgehead atoms. The zero-order chi connectivity index (χ0) is 18.7. The van der Waals surface area contributed by atoms with Gasteiger partial charge in [-0.15, -0.1) is 0 Å². The molecule has 0 saturated heterocycles. The summed E-state index contributed by atoms with van der Waals surface area (Å²) in [4.78, 5) is 11.8. The molecule has 0 unspecified atom stereocenters. The van der Waals surface area contributed by atoms with Gasteiger partial charge in [0.2, 0.25) is 0 Å². The first-order valence-electron chi connectivity index (χ1n) is 7.45. The SMILES string of the molecule is O=C(C=Cc1cc(Br)ccc1F)NS(=O)(=O)c1ccc2c(c1)OCCO2. The summed E-state index contributed by atoms with van der Waals surface area (Å²) >= 11 is 3.19. The Bertz CT molecular complexity index is 991. The van der Waals surface area contributed by atoms with Crippen LogP contribution in [0.5, 0.6) is 11.5 Å². The van der Waals surface area contributed by atoms with E-state index in [0.717, 1.165) is 6.08 Å². The Kier molecular flexibility index (Phi) is 5.28. The van der Waals surface area contributed by atoms with E-state index in [4.69, 9.17) is 9.47 Å². The first kappa shape index (κ1) is 18.4. The number of rotatable bonds is 4. The number of hydrogen-bond donors (Lipinski definition) is 1. The second-order valence-electron chi connectivity index (χ2n) is 5.27. The Labute approximate surface area is 157 Å². The number of nitrogens with one attached hydrogen (secondary N) is 1. The average molecular weight is 442 g/mol. The van der Waals surface area contributed by atoms with Crippen molar-refractivity contribution in [1.29, 1.82) is 0 Å². The molecular weight excluding hydrogens is 429 g/mol. The van der Waals surface area contributed by atoms with E-state index in [1.165, 1.54) is 42.5 Å². The lowest BCUT2D eigenvalue weighted by atomic mass is 10.2. The summed E-state index contributed by atoms with van der Waals surface area (Å²) < 4.78 is 51.5. The highest BCUT2D eigenvalue weighted by Crippen LogP contribution is 2.32. The number of fused-ring (bicyclic) bond motifs is 1. The third kappa shape index (κ3) is 4.23. The third-order valence-corrected chi connectivity index (χ3v) is 5.27. The van der Waals surface area contributed by atoms with Crippen molar-refractivity contribution in [3.63, 3.8) is 0 Å². The number of halogens is 2. The molecule has 136 valence electrons. The van der Waals surface area contributed by atoms with Crippen molar-refractivity contribution in [3.8, 4) is 11.5 Å². The second-order valence-corrected chi connectivity index (χ2v) is 7.87. The van der Waals surface area contributed by atoms with Gasteiger partial charge in [-0.25, -0.2) is 17.5 Å². The van der Waals surface area contributed by atoms with Crippen LogP contribution < -0.4 is 14.2 Å². The number of sulfonamides is 1. The van der Waals surface area contributed by atoms with Gasteiger partial charge < -0.3 is 9.47 Å². The maximum Gasteiger partial charge on any atom is 0.264 e. The van der Waals surface area contributed by atoms with Gasteiger partial charge in [0.25, 0.3) is 15.9 Å². The van der Waals surface area contributed by atoms with Crippen LogP contribution in [0.3, 0.4) is 0 Å². The number of carbonyl (C=O) groups excluding carboxylic acids is 1. The molecule has 1 aliphatic rings. The Morgan fingerprint density at radius 2 is 1.85 bits per heavy atom. The fourth-order valence-electron chi connectivity index (χ4n) is 2.22. The summed E-state index contributed by atoms with van der Waals surface area (Å²) in [5, 5.41) is 0. The molecule has 2 aromatic carbocycles. The monoisotopic (exact) mass is 441 g/mol. The van der Waals surface area contributed by atoms with Crippen molar-refractivity contribution < 1.29 is 27.1 Å². The molecule has 1 aliphatic heterocycles. The van der Waals surface area contributed by atoms with Crippen LogP contribution in [-0.2, 0) is 14.8 Å². The van der Waals surface area contributed by atoms with Gasteiger partial charge >= 0.3 is 0 Å². The summed E-state index contributed by atoms with van der Waals surface area (Å²) in [5.74, 6) is -0.712. The minimum atomic E-state index is -4.11. The van der Waals surface area contributed by atoms with Crippen molar-refractivity contribution >= 4 is 37.9 Å². The quantitative estimate of drug-likeness (QED) is 0.737. The summed E-state index contributed by atoms with van der Waals surface area (Å²) in [6.07, 6.45) is 2.13. The average Bonchev–Trinajstić information content (AvgIpc) is 2.61. The molecule has 6 nitrogen and oxygen atoms in total. The molecule has 0 spiro atoms. The Morgan fingerprint density at radius 1 is 1.12 bits per heavy atom. The molecule has 0 fully saturated rings. The van der Waals surface area contributed by atoms with Crippen LogP contribution in [0.4, 0.5) is 4.39 Å². The lowest BCUT2D eigenvalue weighted by Crippen LogP contribution is -2.29. The van der Waals surface area contributed by atoms with E-state index in [9.17, 15) is 17.6 Å². The van der Waals surface area contributed by atoms with E-state index < -0.39 is 21.7 Å². The molecule has 0 aliphatic carbocycles. The van der Waals surface area contributed by atoms with Gasteiger partial charge in [-0.3, -0.25) is 4.79 Å². The predicted molar refractivity (Wildman–Crippen MR) is 95.9 cm³/mol. The lowest BCUT2D eigenvalue weighted by molar-refractivity contribution is -0.114. The van der Waals surface area contributed by atoms with Gasteiger partial charge in [-0.1, -0.05) is 15.9 Å². The maximum atomic E-state index is 13.6. The van der Waals surface area contributed by atoms with Gasteiger partial charge in [0.15, 0.2) is 11.5 Å². The van der Waals surface area contributed by atoms with Crippen LogP contribution in [0.25, 0.3) is 6.08 Å². The van der Waals surface area contributed by atoms with Crippen molar-refractivity contribution in [2.24, 2.45) is 0 Å². The topological polar surface area (TPSA) is 81.7 Å². The van der Waals surface area contributed by atoms with Gasteiger partial charge in [-0.2, -0.15) is 0 Å². The summed E-state index contributed by atoms with van der Waals surface area (Å²) in [7, 11) is -4.11. The Balaban J connectivity index is 1.75. The van der Waals surface area contributed by atoms with Crippen LogP contribution in [0.1, 0.15) is 5.56 Å². The van der Waals surface area contributed by atoms with Crippen molar-refractivity contribution in [2.45, 2.75) is 4.90 Å². The second kappa shape index (κ2) is 7.46. The Morgan fingerprint density at radius 3 is 2.62 bits per heavy atom. The van der Waals surface area contributed by atoms with Gasteiger partial charge in [0.05, 0.1) is 4.90 Å². The minimum absolute atomic E-state index is 0.142. The van der Waals surface area contributed by atoms with Crippen LogP contribution in [0.15, 0.2) is 51.8 Å². The highest BCUT2D eigenvalue weighted by Gasteiger charge is 2.20. The van der Waals surface area contributed by atoms with Crippen molar-refractivity contribution in [2.75, 3.05) is 13.2 Å². The fourth-order valence-corrected chi connectivity index (χ4v) is 3.56. The van der Waals surface area contributed by atoms with Crippen LogP contribution in [-0.4, -0.2) is 27.5 Å². The standard InChI is InChI=1S/C17H13BrFNO5S/c18-12-2-4-14(19)11(9-12)1-6-17(21)20-26(22,23)13-3-5-15-16(10-13)25-8-7-24-15/h1-6,9-10H,7-8H2,(H,20,21). The molecule has 2 aromatic rings. The Hall–Kier alpha value is -2.39. The molecule has 1 heterocycles. The molecule has 0 saturated carbocycles. The highest BCUT2D eigenvalue weighted by molar-refractivity contribution is 9.10. The van der Waals surface area contributed by atoms with Gasteiger partial charge in [0, 0.05) is 22.2 Å². The van der Waals surface area contributed by atoms with Crippen LogP contribution in [0.2, 0.25) is 0 Å². The van der Waals surface area contributed by atoms with E-state index in [1.54, 1.807) is 0 Å². The van der Waals surface area contributed by atoms with Gasteiger partial charge in [0.1, 0.15) is 19.0 Å². The zero-order valence-electron chi connectivity index (χ0n) is 13.2. The molecule has 26 heavy (non-hydrogen) atoms. The maximum absolute atomic E-state index is 13.6.